The van der Waals surface area contributed by atoms with Crippen LogP contribution in [-0.2, 0) is 0 Å². The summed E-state index contributed by atoms with van der Waals surface area (Å²) in [6.45, 7) is 8.41. The van der Waals surface area contributed by atoms with E-state index in [0.29, 0.717) is 23.7 Å². The highest BCUT2D eigenvalue weighted by Gasteiger charge is 2.42. The van der Waals surface area contributed by atoms with Gasteiger partial charge in [0.05, 0.1) is 0 Å². The quantitative estimate of drug-likeness (QED) is 0.814. The van der Waals surface area contributed by atoms with Gasteiger partial charge in [-0.25, -0.2) is 4.98 Å². The van der Waals surface area contributed by atoms with E-state index in [4.69, 9.17) is 0 Å². The predicted octanol–water partition coefficient (Wildman–Crippen LogP) is 0.217. The second-order valence-corrected chi connectivity index (χ2v) is 5.61. The van der Waals surface area contributed by atoms with Crippen molar-refractivity contribution in [1.82, 2.24) is 25.0 Å². The van der Waals surface area contributed by atoms with Gasteiger partial charge in [0, 0.05) is 32.2 Å². The third kappa shape index (κ3) is 1.90. The van der Waals surface area contributed by atoms with Gasteiger partial charge in [0.25, 0.3) is 5.91 Å². The van der Waals surface area contributed by atoms with Crippen LogP contribution < -0.4 is 0 Å². The Morgan fingerprint density at radius 2 is 2.00 bits per heavy atom. The Morgan fingerprint density at radius 1 is 1.33 bits per heavy atom. The molecule has 2 unspecified atom stereocenters. The van der Waals surface area contributed by atoms with Crippen molar-refractivity contribution in [2.24, 2.45) is 11.8 Å². The summed E-state index contributed by atoms with van der Waals surface area (Å²) in [7, 11) is 0. The Morgan fingerprint density at radius 3 is 2.50 bits per heavy atom. The number of likely N-dealkylation sites (tertiary alicyclic amines) is 2. The van der Waals surface area contributed by atoms with E-state index >= 15 is 0 Å². The van der Waals surface area contributed by atoms with Crippen LogP contribution in [-0.4, -0.2) is 63.1 Å². The summed E-state index contributed by atoms with van der Waals surface area (Å²) in [4.78, 5) is 20.5. The van der Waals surface area contributed by atoms with Gasteiger partial charge in [0.2, 0.25) is 5.82 Å². The summed E-state index contributed by atoms with van der Waals surface area (Å²) in [5, 5.41) is 6.37. The second kappa shape index (κ2) is 4.35. The number of hydrogen-bond acceptors (Lipinski definition) is 4. The van der Waals surface area contributed by atoms with Gasteiger partial charge < -0.3 is 9.80 Å². The van der Waals surface area contributed by atoms with E-state index in [0.717, 1.165) is 26.2 Å². The molecule has 2 aliphatic rings. The fourth-order valence-electron chi connectivity index (χ4n) is 3.08. The van der Waals surface area contributed by atoms with E-state index in [9.17, 15) is 4.79 Å². The molecule has 1 aromatic rings. The lowest BCUT2D eigenvalue weighted by molar-refractivity contribution is 0.0760. The second-order valence-electron chi connectivity index (χ2n) is 5.61. The summed E-state index contributed by atoms with van der Waals surface area (Å²) >= 11 is 0. The lowest BCUT2D eigenvalue weighted by Crippen LogP contribution is -2.36. The van der Waals surface area contributed by atoms with Crippen molar-refractivity contribution in [2.45, 2.75) is 19.9 Å². The minimum absolute atomic E-state index is 0.0157. The first-order valence-electron chi connectivity index (χ1n) is 6.54. The molecular weight excluding hydrogens is 230 g/mol. The van der Waals surface area contributed by atoms with E-state index in [2.05, 4.69) is 33.9 Å². The average molecular weight is 249 g/mol. The van der Waals surface area contributed by atoms with Gasteiger partial charge in [0.1, 0.15) is 6.33 Å². The van der Waals surface area contributed by atoms with Gasteiger partial charge in [-0.15, -0.1) is 0 Å². The molecule has 1 aromatic heterocycles. The van der Waals surface area contributed by atoms with Crippen molar-refractivity contribution in [1.29, 1.82) is 0 Å². The van der Waals surface area contributed by atoms with Crippen molar-refractivity contribution in [3.63, 3.8) is 0 Å². The van der Waals surface area contributed by atoms with Gasteiger partial charge in [-0.3, -0.25) is 9.89 Å². The molecule has 2 fully saturated rings. The fraction of sp³-hybridized carbons (Fsp3) is 0.750. The molecule has 18 heavy (non-hydrogen) atoms. The minimum Gasteiger partial charge on any atom is -0.335 e. The van der Waals surface area contributed by atoms with Crippen molar-refractivity contribution >= 4 is 5.91 Å². The van der Waals surface area contributed by atoms with Crippen LogP contribution >= 0.6 is 0 Å². The molecule has 0 aromatic carbocycles. The lowest BCUT2D eigenvalue weighted by atomic mass is 10.0. The van der Waals surface area contributed by atoms with E-state index in [-0.39, 0.29) is 5.91 Å². The topological polar surface area (TPSA) is 65.1 Å². The summed E-state index contributed by atoms with van der Waals surface area (Å²) in [6, 6.07) is 0.606. The number of fused-ring (bicyclic) bond motifs is 1. The molecule has 0 aliphatic carbocycles. The Bertz CT molecular complexity index is 416. The molecule has 0 spiro atoms. The molecule has 3 rings (SSSR count). The fourth-order valence-corrected chi connectivity index (χ4v) is 3.08. The van der Waals surface area contributed by atoms with Crippen LogP contribution in [0.2, 0.25) is 0 Å². The van der Waals surface area contributed by atoms with Crippen LogP contribution in [0.3, 0.4) is 0 Å². The molecular formula is C12H19N5O. The van der Waals surface area contributed by atoms with Crippen molar-refractivity contribution in [3.05, 3.63) is 12.2 Å². The molecule has 1 amide bonds. The zero-order valence-corrected chi connectivity index (χ0v) is 10.8. The number of carbonyl (C=O) groups is 1. The van der Waals surface area contributed by atoms with Crippen LogP contribution in [0, 0.1) is 11.8 Å². The van der Waals surface area contributed by atoms with Gasteiger partial charge >= 0.3 is 0 Å². The van der Waals surface area contributed by atoms with E-state index < -0.39 is 0 Å². The molecule has 98 valence electrons. The molecule has 2 atom stereocenters. The molecule has 6 nitrogen and oxygen atoms in total. The average Bonchev–Trinajstić information content (AvgIpc) is 3.03. The molecule has 0 bridgehead atoms. The first kappa shape index (κ1) is 11.6. The highest BCUT2D eigenvalue weighted by molar-refractivity contribution is 5.90. The Hall–Kier alpha value is -1.43. The maximum absolute atomic E-state index is 12.1. The smallest absolute Gasteiger partial charge is 0.291 e. The predicted molar refractivity (Wildman–Crippen MR) is 66.0 cm³/mol. The van der Waals surface area contributed by atoms with Gasteiger partial charge in [-0.05, 0) is 25.7 Å². The molecule has 0 radical (unpaired) electrons. The lowest BCUT2D eigenvalue weighted by Gasteiger charge is -2.23. The molecule has 6 heteroatoms. The van der Waals surface area contributed by atoms with Crippen LogP contribution in [0.25, 0.3) is 0 Å². The number of nitrogens with zero attached hydrogens (tertiary/aromatic N) is 4. The summed E-state index contributed by atoms with van der Waals surface area (Å²) < 4.78 is 0. The Balaban J connectivity index is 1.63. The van der Waals surface area contributed by atoms with Crippen molar-refractivity contribution < 1.29 is 4.79 Å². The van der Waals surface area contributed by atoms with Crippen LogP contribution in [0.1, 0.15) is 24.5 Å². The maximum Gasteiger partial charge on any atom is 0.291 e. The number of aromatic nitrogens is 3. The monoisotopic (exact) mass is 249 g/mol. The van der Waals surface area contributed by atoms with Gasteiger partial charge in [0.15, 0.2) is 0 Å². The summed E-state index contributed by atoms with van der Waals surface area (Å²) in [5.41, 5.74) is 0. The molecule has 2 aliphatic heterocycles. The van der Waals surface area contributed by atoms with E-state index in [1.165, 1.54) is 6.33 Å². The first-order chi connectivity index (χ1) is 8.65. The zero-order chi connectivity index (χ0) is 12.7. The molecule has 3 heterocycles. The Kier molecular flexibility index (Phi) is 2.81. The Labute approximate surface area is 106 Å². The number of amides is 1. The standard InChI is InChI=1S/C12H19N5O/c1-8(2)16-3-9-5-17(6-10(9)4-16)12(18)11-13-7-14-15-11/h7-10H,3-6H2,1-2H3,(H,13,14,15). The summed E-state index contributed by atoms with van der Waals surface area (Å²) in [5.74, 6) is 1.59. The van der Waals surface area contributed by atoms with Crippen LogP contribution in [0.4, 0.5) is 0 Å². The number of H-pyrrole nitrogens is 1. The maximum atomic E-state index is 12.1. The van der Waals surface area contributed by atoms with Crippen molar-refractivity contribution in [3.8, 4) is 0 Å². The number of aromatic amines is 1. The van der Waals surface area contributed by atoms with Crippen LogP contribution in [0.15, 0.2) is 6.33 Å². The number of rotatable bonds is 2. The highest BCUT2D eigenvalue weighted by Crippen LogP contribution is 2.32. The van der Waals surface area contributed by atoms with Crippen LogP contribution in [0.5, 0.6) is 0 Å². The first-order valence-corrected chi connectivity index (χ1v) is 6.54. The largest absolute Gasteiger partial charge is 0.335 e. The number of hydrogen-bond donors (Lipinski definition) is 1. The third-order valence-corrected chi connectivity index (χ3v) is 4.15. The number of carbonyl (C=O) groups excluding carboxylic acids is 1. The SMILES string of the molecule is CC(C)N1CC2CN(C(=O)c3ncn[nH]3)CC2C1. The van der Waals surface area contributed by atoms with Crippen molar-refractivity contribution in [2.75, 3.05) is 26.2 Å². The summed E-state index contributed by atoms with van der Waals surface area (Å²) in [6.07, 6.45) is 1.38. The normalized spacial score (nSPS) is 28.1. The minimum atomic E-state index is -0.0157. The van der Waals surface area contributed by atoms with E-state index in [1.54, 1.807) is 0 Å². The van der Waals surface area contributed by atoms with Gasteiger partial charge in [-0.2, -0.15) is 5.10 Å². The molecule has 2 saturated heterocycles. The highest BCUT2D eigenvalue weighted by atomic mass is 16.2. The molecule has 0 saturated carbocycles. The molecule has 1 N–H and O–H groups in total. The zero-order valence-electron chi connectivity index (χ0n) is 10.8. The van der Waals surface area contributed by atoms with E-state index in [1.807, 2.05) is 4.90 Å². The van der Waals surface area contributed by atoms with Gasteiger partial charge in [-0.1, -0.05) is 0 Å². The number of nitrogens with one attached hydrogen (secondary N) is 1. The third-order valence-electron chi connectivity index (χ3n) is 4.15.